The molecule has 0 spiro atoms. The van der Waals surface area contributed by atoms with Crippen LogP contribution >= 0.6 is 0 Å². The predicted octanol–water partition coefficient (Wildman–Crippen LogP) is 1.94. The van der Waals surface area contributed by atoms with E-state index in [4.69, 9.17) is 0 Å². The zero-order chi connectivity index (χ0) is 12.4. The number of carbonyl (C=O) groups excluding carboxylic acids is 1. The van der Waals surface area contributed by atoms with E-state index in [-0.39, 0.29) is 11.9 Å². The second kappa shape index (κ2) is 4.69. The Morgan fingerprint density at radius 2 is 2.00 bits per heavy atom. The van der Waals surface area contributed by atoms with Crippen molar-refractivity contribution in [2.24, 2.45) is 0 Å². The number of hydrogen-bond donors (Lipinski definition) is 1. The molecule has 1 aliphatic rings. The second-order valence-electron chi connectivity index (χ2n) is 4.65. The molecule has 1 amide bonds. The molecule has 3 nitrogen and oxygen atoms in total. The summed E-state index contributed by atoms with van der Waals surface area (Å²) in [5.74, 6) is 0.119. The molecule has 3 heteroatoms. The van der Waals surface area contributed by atoms with Gasteiger partial charge < -0.3 is 9.88 Å². The predicted molar refractivity (Wildman–Crippen MR) is 70.3 cm³/mol. The highest BCUT2D eigenvalue weighted by molar-refractivity contribution is 5.81. The van der Waals surface area contributed by atoms with Crippen molar-refractivity contribution >= 4 is 5.91 Å². The maximum absolute atomic E-state index is 12.1. The molecule has 1 aromatic carbocycles. The van der Waals surface area contributed by atoms with Crippen LogP contribution in [0, 0.1) is 0 Å². The topological polar surface area (TPSA) is 34.0 Å². The molecule has 0 unspecified atom stereocenters. The lowest BCUT2D eigenvalue weighted by Crippen LogP contribution is -2.31. The van der Waals surface area contributed by atoms with Gasteiger partial charge in [-0.15, -0.1) is 0 Å². The SMILES string of the molecule is O=C1NCCc2cccn2[C@H]1Cc1ccccc1. The molecule has 1 atom stereocenters. The number of nitrogens with one attached hydrogen (secondary N) is 1. The molecule has 0 saturated heterocycles. The first-order valence-electron chi connectivity index (χ1n) is 6.32. The Bertz CT molecular complexity index is 545. The van der Waals surface area contributed by atoms with Gasteiger partial charge in [0.1, 0.15) is 6.04 Å². The van der Waals surface area contributed by atoms with E-state index >= 15 is 0 Å². The van der Waals surface area contributed by atoms with E-state index in [0.717, 1.165) is 19.4 Å². The molecule has 1 aliphatic heterocycles. The van der Waals surface area contributed by atoms with Crippen LogP contribution in [-0.2, 0) is 17.6 Å². The van der Waals surface area contributed by atoms with Gasteiger partial charge in [-0.1, -0.05) is 30.3 Å². The monoisotopic (exact) mass is 240 g/mol. The third kappa shape index (κ3) is 2.04. The third-order valence-corrected chi connectivity index (χ3v) is 3.46. The van der Waals surface area contributed by atoms with Gasteiger partial charge in [0.25, 0.3) is 0 Å². The van der Waals surface area contributed by atoms with Gasteiger partial charge in [-0.05, 0) is 17.7 Å². The molecule has 0 bridgehead atoms. The number of aromatic nitrogens is 1. The van der Waals surface area contributed by atoms with E-state index < -0.39 is 0 Å². The minimum absolute atomic E-state index is 0.119. The molecule has 0 radical (unpaired) electrons. The number of nitrogens with zero attached hydrogens (tertiary/aromatic N) is 1. The summed E-state index contributed by atoms with van der Waals surface area (Å²) in [6, 6.07) is 14.2. The van der Waals surface area contributed by atoms with Gasteiger partial charge in [0, 0.05) is 31.3 Å². The molecule has 1 aromatic heterocycles. The van der Waals surface area contributed by atoms with E-state index in [1.165, 1.54) is 11.3 Å². The largest absolute Gasteiger partial charge is 0.354 e. The van der Waals surface area contributed by atoms with Crippen molar-refractivity contribution in [2.45, 2.75) is 18.9 Å². The fourth-order valence-corrected chi connectivity index (χ4v) is 2.53. The summed E-state index contributed by atoms with van der Waals surface area (Å²) in [5, 5.41) is 2.99. The van der Waals surface area contributed by atoms with Crippen molar-refractivity contribution in [2.75, 3.05) is 6.54 Å². The Kier molecular flexibility index (Phi) is 2.89. The number of benzene rings is 1. The molecule has 2 aromatic rings. The van der Waals surface area contributed by atoms with Crippen LogP contribution in [0.25, 0.3) is 0 Å². The first-order chi connectivity index (χ1) is 8.84. The van der Waals surface area contributed by atoms with Crippen molar-refractivity contribution in [3.8, 4) is 0 Å². The maximum atomic E-state index is 12.1. The van der Waals surface area contributed by atoms with Crippen molar-refractivity contribution in [1.82, 2.24) is 9.88 Å². The average Bonchev–Trinajstić information content (AvgIpc) is 2.80. The van der Waals surface area contributed by atoms with Gasteiger partial charge in [0.15, 0.2) is 0 Å². The van der Waals surface area contributed by atoms with Crippen molar-refractivity contribution in [3.63, 3.8) is 0 Å². The quantitative estimate of drug-likeness (QED) is 0.855. The molecule has 0 saturated carbocycles. The fraction of sp³-hybridized carbons (Fsp3) is 0.267. The first kappa shape index (κ1) is 11.1. The normalized spacial score (nSPS) is 18.9. The number of carbonyl (C=O) groups is 1. The fourth-order valence-electron chi connectivity index (χ4n) is 2.53. The lowest BCUT2D eigenvalue weighted by Gasteiger charge is -2.17. The molecular weight excluding hydrogens is 224 g/mol. The number of amides is 1. The van der Waals surface area contributed by atoms with E-state index in [2.05, 4.69) is 28.1 Å². The van der Waals surface area contributed by atoms with Crippen molar-refractivity contribution < 1.29 is 4.79 Å². The number of rotatable bonds is 2. The van der Waals surface area contributed by atoms with Crippen LogP contribution in [0.3, 0.4) is 0 Å². The minimum Gasteiger partial charge on any atom is -0.354 e. The Balaban J connectivity index is 1.92. The van der Waals surface area contributed by atoms with Gasteiger partial charge in [-0.3, -0.25) is 4.79 Å². The van der Waals surface area contributed by atoms with E-state index in [0.29, 0.717) is 0 Å². The molecule has 2 heterocycles. The van der Waals surface area contributed by atoms with Crippen LogP contribution in [0.15, 0.2) is 48.7 Å². The Hall–Kier alpha value is -2.03. The summed E-state index contributed by atoms with van der Waals surface area (Å²) in [5.41, 5.74) is 2.42. The summed E-state index contributed by atoms with van der Waals surface area (Å²) in [6.07, 6.45) is 3.66. The van der Waals surface area contributed by atoms with Gasteiger partial charge >= 0.3 is 0 Å². The lowest BCUT2D eigenvalue weighted by molar-refractivity contribution is -0.124. The summed E-state index contributed by atoms with van der Waals surface area (Å²) in [6.45, 7) is 0.730. The average molecular weight is 240 g/mol. The van der Waals surface area contributed by atoms with Crippen molar-refractivity contribution in [1.29, 1.82) is 0 Å². The smallest absolute Gasteiger partial charge is 0.243 e. The Labute approximate surface area is 106 Å². The van der Waals surface area contributed by atoms with E-state index in [1.54, 1.807) is 0 Å². The standard InChI is InChI=1S/C15H16N2O/c18-15-14(11-12-5-2-1-3-6-12)17-10-4-7-13(17)8-9-16-15/h1-7,10,14H,8-9,11H2,(H,16,18)/t14-/m0/s1. The zero-order valence-electron chi connectivity index (χ0n) is 10.2. The van der Waals surface area contributed by atoms with Crippen LogP contribution in [0.2, 0.25) is 0 Å². The number of fused-ring (bicyclic) bond motifs is 1. The van der Waals surface area contributed by atoms with Crippen LogP contribution in [-0.4, -0.2) is 17.0 Å². The highest BCUT2D eigenvalue weighted by Crippen LogP contribution is 2.20. The van der Waals surface area contributed by atoms with Gasteiger partial charge in [0.05, 0.1) is 0 Å². The van der Waals surface area contributed by atoms with Gasteiger partial charge in [-0.25, -0.2) is 0 Å². The summed E-state index contributed by atoms with van der Waals surface area (Å²) in [4.78, 5) is 12.1. The Morgan fingerprint density at radius 1 is 1.17 bits per heavy atom. The van der Waals surface area contributed by atoms with Gasteiger partial charge in [-0.2, -0.15) is 0 Å². The maximum Gasteiger partial charge on any atom is 0.243 e. The van der Waals surface area contributed by atoms with E-state index in [9.17, 15) is 4.79 Å². The number of hydrogen-bond acceptors (Lipinski definition) is 1. The highest BCUT2D eigenvalue weighted by Gasteiger charge is 2.24. The molecule has 3 rings (SSSR count). The zero-order valence-corrected chi connectivity index (χ0v) is 10.2. The highest BCUT2D eigenvalue weighted by atomic mass is 16.2. The summed E-state index contributed by atoms with van der Waals surface area (Å²) in [7, 11) is 0. The summed E-state index contributed by atoms with van der Waals surface area (Å²) < 4.78 is 2.11. The molecule has 0 aliphatic carbocycles. The molecule has 0 fully saturated rings. The lowest BCUT2D eigenvalue weighted by atomic mass is 10.1. The molecular formula is C15H16N2O. The van der Waals surface area contributed by atoms with Crippen LogP contribution in [0.4, 0.5) is 0 Å². The van der Waals surface area contributed by atoms with Crippen molar-refractivity contribution in [3.05, 3.63) is 59.9 Å². The minimum atomic E-state index is -0.125. The van der Waals surface area contributed by atoms with Gasteiger partial charge in [0.2, 0.25) is 5.91 Å². The van der Waals surface area contributed by atoms with Crippen LogP contribution in [0.1, 0.15) is 17.3 Å². The first-order valence-corrected chi connectivity index (χ1v) is 6.32. The molecule has 92 valence electrons. The summed E-state index contributed by atoms with van der Waals surface area (Å²) >= 11 is 0. The molecule has 18 heavy (non-hydrogen) atoms. The second-order valence-corrected chi connectivity index (χ2v) is 4.65. The molecule has 1 N–H and O–H groups in total. The van der Waals surface area contributed by atoms with Crippen LogP contribution in [0.5, 0.6) is 0 Å². The third-order valence-electron chi connectivity index (χ3n) is 3.46. The van der Waals surface area contributed by atoms with E-state index in [1.807, 2.05) is 30.5 Å². The van der Waals surface area contributed by atoms with Crippen LogP contribution < -0.4 is 5.32 Å². The Morgan fingerprint density at radius 3 is 2.83 bits per heavy atom.